The largest absolute Gasteiger partial charge is 0.339 e. The van der Waals surface area contributed by atoms with Gasteiger partial charge in [-0.05, 0) is 56.2 Å². The maximum Gasteiger partial charge on any atom is 0.238 e. The Labute approximate surface area is 164 Å². The third-order valence-corrected chi connectivity index (χ3v) is 5.93. The molecule has 0 radical (unpaired) electrons. The maximum absolute atomic E-state index is 14.6. The van der Waals surface area contributed by atoms with E-state index in [9.17, 15) is 9.18 Å². The lowest BCUT2D eigenvalue weighted by atomic mass is 9.99. The van der Waals surface area contributed by atoms with Gasteiger partial charge in [-0.25, -0.2) is 4.39 Å². The van der Waals surface area contributed by atoms with E-state index in [-0.39, 0.29) is 30.2 Å². The van der Waals surface area contributed by atoms with Crippen LogP contribution in [0.3, 0.4) is 0 Å². The van der Waals surface area contributed by atoms with Crippen LogP contribution < -0.4 is 16.4 Å². The van der Waals surface area contributed by atoms with Crippen molar-refractivity contribution in [3.63, 3.8) is 0 Å². The number of carbonyl (C=O) groups is 1. The van der Waals surface area contributed by atoms with Crippen molar-refractivity contribution in [2.75, 3.05) is 0 Å². The van der Waals surface area contributed by atoms with Gasteiger partial charge in [0, 0.05) is 30.3 Å². The van der Waals surface area contributed by atoms with E-state index in [0.29, 0.717) is 17.5 Å². The van der Waals surface area contributed by atoms with Crippen LogP contribution in [0.25, 0.3) is 11.1 Å². The Morgan fingerprint density at radius 1 is 1.39 bits per heavy atom. The average Bonchev–Trinajstić information content (AvgIpc) is 3.39. The molecule has 1 aliphatic heterocycles. The minimum atomic E-state index is -0.613. The summed E-state index contributed by atoms with van der Waals surface area (Å²) in [5.74, 6) is 0.00958. The molecule has 1 aromatic heterocycles. The molecule has 1 amide bonds. The Bertz CT molecular complexity index is 864. The molecule has 4 atom stereocenters. The van der Waals surface area contributed by atoms with E-state index >= 15 is 0 Å². The van der Waals surface area contributed by atoms with Crippen LogP contribution in [0.4, 0.5) is 4.39 Å². The van der Waals surface area contributed by atoms with E-state index in [1.807, 2.05) is 30.8 Å². The van der Waals surface area contributed by atoms with E-state index in [2.05, 4.69) is 15.7 Å². The second-order valence-corrected chi connectivity index (χ2v) is 8.34. The Morgan fingerprint density at radius 2 is 2.21 bits per heavy atom. The van der Waals surface area contributed by atoms with Gasteiger partial charge in [-0.3, -0.25) is 9.48 Å². The molecule has 2 heterocycles. The van der Waals surface area contributed by atoms with Gasteiger partial charge >= 0.3 is 0 Å². The second kappa shape index (κ2) is 7.64. The number of nitrogens with one attached hydrogen (secondary N) is 2. The van der Waals surface area contributed by atoms with Crippen molar-refractivity contribution >= 4 is 5.91 Å². The maximum atomic E-state index is 14.6. The fourth-order valence-electron chi connectivity index (χ4n) is 4.37. The summed E-state index contributed by atoms with van der Waals surface area (Å²) >= 11 is 0. The van der Waals surface area contributed by atoms with E-state index in [4.69, 9.17) is 5.73 Å². The number of piperidine rings is 1. The molecule has 1 aliphatic carbocycles. The van der Waals surface area contributed by atoms with Gasteiger partial charge in [-0.15, -0.1) is 0 Å². The first kappa shape index (κ1) is 19.1. The van der Waals surface area contributed by atoms with E-state index in [0.717, 1.165) is 30.4 Å². The van der Waals surface area contributed by atoms with Crippen LogP contribution in [0.15, 0.2) is 30.6 Å². The van der Waals surface area contributed by atoms with E-state index in [1.54, 1.807) is 12.3 Å². The number of amides is 1. The van der Waals surface area contributed by atoms with Gasteiger partial charge in [0.25, 0.3) is 0 Å². The zero-order valence-corrected chi connectivity index (χ0v) is 16.4. The fraction of sp³-hybridized carbons (Fsp3) is 0.524. The highest BCUT2D eigenvalue weighted by atomic mass is 19.1. The molecule has 2 aromatic rings. The van der Waals surface area contributed by atoms with Gasteiger partial charge in [0.1, 0.15) is 5.82 Å². The third-order valence-electron chi connectivity index (χ3n) is 5.93. The molecule has 1 saturated heterocycles. The standard InChI is InChI=1S/C21H28FN5O/c1-12(2)27-11-16(10-24-27)13-3-4-14(18(22)8-13)9-19(23)26-21(28)20-15-5-6-17(7-15)25-20/h3-4,8,10-12,15,17,19-20,25H,5-7,9,23H2,1-2H3,(H,26,28)/t15-,17+,19?,20-/m0/s1. The molecule has 7 heteroatoms. The van der Waals surface area contributed by atoms with Crippen molar-refractivity contribution in [2.24, 2.45) is 11.7 Å². The summed E-state index contributed by atoms with van der Waals surface area (Å²) in [6.07, 6.45) is 6.59. The number of hydrogen-bond acceptors (Lipinski definition) is 4. The van der Waals surface area contributed by atoms with Crippen LogP contribution in [0, 0.1) is 11.7 Å². The molecule has 4 rings (SSSR count). The van der Waals surface area contributed by atoms with Crippen LogP contribution in [0.2, 0.25) is 0 Å². The molecule has 1 saturated carbocycles. The zero-order chi connectivity index (χ0) is 19.8. The molecule has 1 unspecified atom stereocenters. The van der Waals surface area contributed by atoms with Gasteiger partial charge in [0.05, 0.1) is 18.4 Å². The smallest absolute Gasteiger partial charge is 0.238 e. The number of halogens is 1. The van der Waals surface area contributed by atoms with Gasteiger partial charge in [-0.1, -0.05) is 12.1 Å². The first-order valence-corrected chi connectivity index (χ1v) is 10.1. The number of fused-ring (bicyclic) bond motifs is 2. The SMILES string of the molecule is CC(C)n1cc(-c2ccc(CC(N)NC(=O)[C@H]3N[C@@H]4CC[C@H]3C4)c(F)c2)cn1. The Kier molecular flexibility index (Phi) is 5.21. The summed E-state index contributed by atoms with van der Waals surface area (Å²) in [7, 11) is 0. The number of aromatic nitrogens is 2. The number of benzene rings is 1. The third kappa shape index (κ3) is 3.82. The fourth-order valence-corrected chi connectivity index (χ4v) is 4.37. The highest BCUT2D eigenvalue weighted by Gasteiger charge is 2.42. The predicted molar refractivity (Wildman–Crippen MR) is 106 cm³/mol. The molecule has 4 N–H and O–H groups in total. The molecule has 150 valence electrons. The first-order chi connectivity index (χ1) is 13.4. The normalized spacial score (nSPS) is 24.7. The molecule has 2 fully saturated rings. The molecule has 2 bridgehead atoms. The lowest BCUT2D eigenvalue weighted by Gasteiger charge is -2.24. The summed E-state index contributed by atoms with van der Waals surface area (Å²) in [4.78, 5) is 12.5. The molecule has 1 aromatic carbocycles. The average molecular weight is 385 g/mol. The van der Waals surface area contributed by atoms with Gasteiger partial charge in [-0.2, -0.15) is 5.10 Å². The van der Waals surface area contributed by atoms with Crippen LogP contribution in [-0.4, -0.2) is 33.9 Å². The Hall–Kier alpha value is -2.25. The van der Waals surface area contributed by atoms with Gasteiger partial charge in [0.15, 0.2) is 0 Å². The first-order valence-electron chi connectivity index (χ1n) is 10.1. The van der Waals surface area contributed by atoms with Crippen molar-refractivity contribution in [1.29, 1.82) is 0 Å². The topological polar surface area (TPSA) is 85.0 Å². The number of carbonyl (C=O) groups excluding carboxylic acids is 1. The molecule has 0 spiro atoms. The number of hydrogen-bond donors (Lipinski definition) is 3. The molecular formula is C21H28FN5O. The monoisotopic (exact) mass is 385 g/mol. The molecular weight excluding hydrogens is 357 g/mol. The van der Waals surface area contributed by atoms with E-state index in [1.165, 1.54) is 6.07 Å². The van der Waals surface area contributed by atoms with Gasteiger partial charge < -0.3 is 16.4 Å². The molecule has 28 heavy (non-hydrogen) atoms. The van der Waals surface area contributed by atoms with Crippen molar-refractivity contribution < 1.29 is 9.18 Å². The second-order valence-electron chi connectivity index (χ2n) is 8.34. The van der Waals surface area contributed by atoms with E-state index < -0.39 is 6.17 Å². The quantitative estimate of drug-likeness (QED) is 0.667. The summed E-state index contributed by atoms with van der Waals surface area (Å²) in [6.45, 7) is 4.09. The number of nitrogens with zero attached hydrogens (tertiary/aromatic N) is 2. The van der Waals surface area contributed by atoms with Crippen LogP contribution >= 0.6 is 0 Å². The lowest BCUT2D eigenvalue weighted by molar-refractivity contribution is -0.124. The molecule has 6 nitrogen and oxygen atoms in total. The highest BCUT2D eigenvalue weighted by Crippen LogP contribution is 2.35. The lowest BCUT2D eigenvalue weighted by Crippen LogP contribution is -2.53. The van der Waals surface area contributed by atoms with Gasteiger partial charge in [0.2, 0.25) is 5.91 Å². The van der Waals surface area contributed by atoms with Crippen molar-refractivity contribution in [1.82, 2.24) is 20.4 Å². The Morgan fingerprint density at radius 3 is 2.82 bits per heavy atom. The predicted octanol–water partition coefficient (Wildman–Crippen LogP) is 2.35. The van der Waals surface area contributed by atoms with Crippen molar-refractivity contribution in [3.8, 4) is 11.1 Å². The minimum Gasteiger partial charge on any atom is -0.339 e. The highest BCUT2D eigenvalue weighted by molar-refractivity contribution is 5.83. The van der Waals surface area contributed by atoms with Crippen LogP contribution in [0.1, 0.15) is 44.7 Å². The van der Waals surface area contributed by atoms with Crippen LogP contribution in [-0.2, 0) is 11.2 Å². The van der Waals surface area contributed by atoms with Crippen molar-refractivity contribution in [3.05, 3.63) is 42.0 Å². The molecule has 2 aliphatic rings. The zero-order valence-electron chi connectivity index (χ0n) is 16.4. The summed E-state index contributed by atoms with van der Waals surface area (Å²) in [5, 5.41) is 10.5. The summed E-state index contributed by atoms with van der Waals surface area (Å²) in [6, 6.07) is 5.66. The Balaban J connectivity index is 1.38. The van der Waals surface area contributed by atoms with Crippen molar-refractivity contribution in [2.45, 2.75) is 63.8 Å². The summed E-state index contributed by atoms with van der Waals surface area (Å²) < 4.78 is 16.5. The number of nitrogens with two attached hydrogens (primary N) is 1. The number of rotatable bonds is 6. The summed E-state index contributed by atoms with van der Waals surface area (Å²) in [5.41, 5.74) is 8.23. The minimum absolute atomic E-state index is 0.0715. The van der Waals surface area contributed by atoms with Crippen LogP contribution in [0.5, 0.6) is 0 Å².